The van der Waals surface area contributed by atoms with Crippen LogP contribution in [-0.2, 0) is 0 Å². The minimum absolute atomic E-state index is 0.0780. The molecule has 180 valence electrons. The topological polar surface area (TPSA) is 18.8 Å². The number of halogens is 1. The number of hydrogen-bond acceptors (Lipinski definition) is 4. The minimum atomic E-state index is 0.0780. The Balaban J connectivity index is 1.50. The zero-order valence-corrected chi connectivity index (χ0v) is 22.3. The van der Waals surface area contributed by atoms with Crippen LogP contribution in [-0.4, -0.2) is 35.1 Å². The molecule has 0 saturated heterocycles. The molecule has 1 unspecified atom stereocenters. The van der Waals surface area contributed by atoms with E-state index < -0.39 is 0 Å². The molecule has 0 aliphatic carbocycles. The molecule has 3 aliphatic heterocycles. The molecule has 0 radical (unpaired) electrons. The average Bonchev–Trinajstić information content (AvgIpc) is 3.29. The second-order valence-electron chi connectivity index (χ2n) is 9.83. The molecule has 3 heterocycles. The maximum atomic E-state index is 6.21. The van der Waals surface area contributed by atoms with E-state index in [0.29, 0.717) is 0 Å². The van der Waals surface area contributed by atoms with Gasteiger partial charge < -0.3 is 4.90 Å². The van der Waals surface area contributed by atoms with E-state index in [9.17, 15) is 0 Å². The van der Waals surface area contributed by atoms with Crippen LogP contribution >= 0.6 is 23.4 Å². The summed E-state index contributed by atoms with van der Waals surface area (Å²) in [5.41, 5.74) is 11.1. The van der Waals surface area contributed by atoms with Crippen molar-refractivity contribution in [2.24, 2.45) is 4.99 Å². The first kappa shape index (κ1) is 23.4. The SMILES string of the molecule is Cc1ccc(/C=C2\CN(C)CC3=C2N=C2SC=C(c4ccc(Cl)cc4)N2C3c2ccc(C)cc2)cc1. The maximum absolute atomic E-state index is 6.21. The quantitative estimate of drug-likeness (QED) is 0.360. The largest absolute Gasteiger partial charge is 0.308 e. The number of hydrogen-bond donors (Lipinski definition) is 0. The molecule has 36 heavy (non-hydrogen) atoms. The summed E-state index contributed by atoms with van der Waals surface area (Å²) in [5, 5.41) is 4.01. The van der Waals surface area contributed by atoms with Gasteiger partial charge in [0.05, 0.1) is 17.4 Å². The van der Waals surface area contributed by atoms with Crippen molar-refractivity contribution in [3.05, 3.63) is 128 Å². The third-order valence-electron chi connectivity index (χ3n) is 6.98. The molecule has 0 saturated carbocycles. The van der Waals surface area contributed by atoms with Gasteiger partial charge in [0.1, 0.15) is 0 Å². The first-order valence-electron chi connectivity index (χ1n) is 12.2. The van der Waals surface area contributed by atoms with E-state index in [-0.39, 0.29) is 6.04 Å². The second kappa shape index (κ2) is 9.44. The molecule has 3 nitrogen and oxygen atoms in total. The molecule has 5 heteroatoms. The lowest BCUT2D eigenvalue weighted by Gasteiger charge is -2.42. The Morgan fingerprint density at radius 2 is 1.56 bits per heavy atom. The number of rotatable bonds is 3. The Labute approximate surface area is 222 Å². The fourth-order valence-corrected chi connectivity index (χ4v) is 6.22. The number of thioether (sulfide) groups is 1. The van der Waals surface area contributed by atoms with E-state index in [1.54, 1.807) is 11.8 Å². The Hall–Kier alpha value is -3.05. The molecule has 0 bridgehead atoms. The predicted molar refractivity (Wildman–Crippen MR) is 154 cm³/mol. The third-order valence-corrected chi connectivity index (χ3v) is 8.07. The number of aryl methyl sites for hydroxylation is 2. The fourth-order valence-electron chi connectivity index (χ4n) is 5.16. The molecule has 0 N–H and O–H groups in total. The van der Waals surface area contributed by atoms with Gasteiger partial charge >= 0.3 is 0 Å². The molecular weight excluding hydrogens is 482 g/mol. The molecule has 6 rings (SSSR count). The first-order valence-corrected chi connectivity index (χ1v) is 13.5. The van der Waals surface area contributed by atoms with Gasteiger partial charge in [0.25, 0.3) is 0 Å². The van der Waals surface area contributed by atoms with E-state index in [1.165, 1.54) is 39.1 Å². The van der Waals surface area contributed by atoms with Crippen molar-refractivity contribution < 1.29 is 0 Å². The van der Waals surface area contributed by atoms with Crippen molar-refractivity contribution in [2.45, 2.75) is 19.9 Å². The van der Waals surface area contributed by atoms with Gasteiger partial charge in [-0.05, 0) is 66.9 Å². The molecule has 0 aromatic heterocycles. The van der Waals surface area contributed by atoms with Gasteiger partial charge in [-0.1, -0.05) is 95.2 Å². The third kappa shape index (κ3) is 4.34. The molecule has 0 spiro atoms. The van der Waals surface area contributed by atoms with Crippen LogP contribution in [0.3, 0.4) is 0 Å². The number of benzene rings is 3. The van der Waals surface area contributed by atoms with Crippen molar-refractivity contribution in [1.82, 2.24) is 9.80 Å². The lowest BCUT2D eigenvalue weighted by molar-refractivity contribution is 0.344. The fraction of sp³-hybridized carbons (Fsp3) is 0.194. The molecule has 3 aromatic carbocycles. The summed E-state index contributed by atoms with van der Waals surface area (Å²) in [4.78, 5) is 10.1. The highest BCUT2D eigenvalue weighted by Gasteiger charge is 2.41. The summed E-state index contributed by atoms with van der Waals surface area (Å²) in [6, 6.07) is 25.9. The van der Waals surface area contributed by atoms with Gasteiger partial charge in [0, 0.05) is 23.5 Å². The minimum Gasteiger partial charge on any atom is -0.308 e. The zero-order chi connectivity index (χ0) is 24.8. The van der Waals surface area contributed by atoms with Crippen molar-refractivity contribution in [3.63, 3.8) is 0 Å². The number of nitrogens with zero attached hydrogens (tertiary/aromatic N) is 3. The van der Waals surface area contributed by atoms with Gasteiger partial charge in [-0.3, -0.25) is 4.90 Å². The van der Waals surface area contributed by atoms with E-state index in [1.807, 2.05) is 12.1 Å². The standard InChI is InChI=1S/C31H28ClN3S/c1-20-4-8-22(9-5-20)16-25-17-34(3)18-27-29(25)33-31-35(30(27)24-10-6-21(2)7-11-24)28(19-36-31)23-12-14-26(32)15-13-23/h4-16,19,30H,17-18H2,1-3H3/b25-16+. The molecule has 3 aromatic rings. The first-order chi connectivity index (χ1) is 17.5. The Morgan fingerprint density at radius 3 is 2.25 bits per heavy atom. The molecular formula is C31H28ClN3S. The normalized spacial score (nSPS) is 20.8. The van der Waals surface area contributed by atoms with Gasteiger partial charge in [-0.15, -0.1) is 0 Å². The van der Waals surface area contributed by atoms with Crippen molar-refractivity contribution in [1.29, 1.82) is 0 Å². The lowest BCUT2D eigenvalue weighted by Crippen LogP contribution is -2.40. The molecule has 0 fully saturated rings. The molecule has 1 atom stereocenters. The maximum Gasteiger partial charge on any atom is 0.174 e. The van der Waals surface area contributed by atoms with E-state index in [2.05, 4.69) is 103 Å². The summed E-state index contributed by atoms with van der Waals surface area (Å²) < 4.78 is 0. The Morgan fingerprint density at radius 1 is 0.889 bits per heavy atom. The number of fused-ring (bicyclic) bond motifs is 1. The monoisotopic (exact) mass is 509 g/mol. The summed E-state index contributed by atoms with van der Waals surface area (Å²) in [7, 11) is 2.20. The van der Waals surface area contributed by atoms with Crippen LogP contribution < -0.4 is 0 Å². The van der Waals surface area contributed by atoms with E-state index >= 15 is 0 Å². The molecule has 3 aliphatic rings. The van der Waals surface area contributed by atoms with Crippen LogP contribution in [0, 0.1) is 13.8 Å². The number of likely N-dealkylation sites (N-methyl/N-ethyl adjacent to an activating group) is 1. The van der Waals surface area contributed by atoms with Crippen LogP contribution in [0.2, 0.25) is 5.02 Å². The average molecular weight is 510 g/mol. The highest BCUT2D eigenvalue weighted by Crippen LogP contribution is 2.49. The molecule has 0 amide bonds. The summed E-state index contributed by atoms with van der Waals surface area (Å²) in [6.45, 7) is 6.03. The van der Waals surface area contributed by atoms with E-state index in [4.69, 9.17) is 16.6 Å². The van der Waals surface area contributed by atoms with Crippen molar-refractivity contribution >= 4 is 40.3 Å². The van der Waals surface area contributed by atoms with Crippen LogP contribution in [0.5, 0.6) is 0 Å². The number of amidine groups is 1. The van der Waals surface area contributed by atoms with E-state index in [0.717, 1.165) is 34.5 Å². The van der Waals surface area contributed by atoms with Gasteiger partial charge in [0.15, 0.2) is 5.17 Å². The smallest absolute Gasteiger partial charge is 0.174 e. The van der Waals surface area contributed by atoms with Gasteiger partial charge in [-0.2, -0.15) is 0 Å². The van der Waals surface area contributed by atoms with Gasteiger partial charge in [0.2, 0.25) is 0 Å². The summed E-state index contributed by atoms with van der Waals surface area (Å²) in [6.07, 6.45) is 2.31. The Kier molecular flexibility index (Phi) is 6.12. The lowest BCUT2D eigenvalue weighted by atomic mass is 9.87. The van der Waals surface area contributed by atoms with Crippen LogP contribution in [0.15, 0.2) is 100 Å². The summed E-state index contributed by atoms with van der Waals surface area (Å²) in [5.74, 6) is 0. The highest BCUT2D eigenvalue weighted by molar-refractivity contribution is 8.16. The van der Waals surface area contributed by atoms with Crippen LogP contribution in [0.25, 0.3) is 11.8 Å². The predicted octanol–water partition coefficient (Wildman–Crippen LogP) is 7.70. The van der Waals surface area contributed by atoms with Crippen LogP contribution in [0.4, 0.5) is 0 Å². The zero-order valence-electron chi connectivity index (χ0n) is 20.7. The van der Waals surface area contributed by atoms with Gasteiger partial charge in [-0.25, -0.2) is 4.99 Å². The number of aliphatic imine (C=N–C) groups is 1. The Bertz CT molecular complexity index is 1430. The highest BCUT2D eigenvalue weighted by atomic mass is 35.5. The van der Waals surface area contributed by atoms with Crippen molar-refractivity contribution in [2.75, 3.05) is 20.1 Å². The van der Waals surface area contributed by atoms with Crippen LogP contribution in [0.1, 0.15) is 33.9 Å². The van der Waals surface area contributed by atoms with Crippen molar-refractivity contribution in [3.8, 4) is 0 Å². The second-order valence-corrected chi connectivity index (χ2v) is 11.1. The summed E-state index contributed by atoms with van der Waals surface area (Å²) >= 11 is 7.92.